The second kappa shape index (κ2) is 7.27. The van der Waals surface area contributed by atoms with Gasteiger partial charge in [0.25, 0.3) is 5.91 Å². The number of carbonyl (C=O) groups excluding carboxylic acids is 1. The Morgan fingerprint density at radius 2 is 1.84 bits per heavy atom. The molecule has 3 rings (SSSR count). The van der Waals surface area contributed by atoms with E-state index in [0.29, 0.717) is 11.1 Å². The van der Waals surface area contributed by atoms with E-state index in [1.54, 1.807) is 36.4 Å². The van der Waals surface area contributed by atoms with E-state index in [1.165, 1.54) is 22.8 Å². The third-order valence-electron chi connectivity index (χ3n) is 3.26. The molecule has 0 amide bonds. The second-order valence-electron chi connectivity index (χ2n) is 5.01. The first-order chi connectivity index (χ1) is 12.1. The fourth-order valence-corrected chi connectivity index (χ4v) is 2.85. The molecule has 0 aliphatic rings. The number of halogens is 1. The van der Waals surface area contributed by atoms with E-state index in [0.717, 1.165) is 11.8 Å². The van der Waals surface area contributed by atoms with Gasteiger partial charge in [0.2, 0.25) is 0 Å². The molecule has 1 N–H and O–H groups in total. The van der Waals surface area contributed by atoms with Crippen molar-refractivity contribution in [3.63, 3.8) is 0 Å². The molecule has 1 aromatic heterocycles. The lowest BCUT2D eigenvalue weighted by Gasteiger charge is -2.08. The van der Waals surface area contributed by atoms with Crippen LogP contribution in [-0.4, -0.2) is 37.5 Å². The smallest absolute Gasteiger partial charge is 0.313 e. The zero-order valence-corrected chi connectivity index (χ0v) is 13.6. The molecule has 0 fully saturated rings. The van der Waals surface area contributed by atoms with Crippen molar-refractivity contribution < 1.29 is 19.1 Å². The highest BCUT2D eigenvalue weighted by Gasteiger charge is 2.22. The van der Waals surface area contributed by atoms with Crippen LogP contribution in [0.15, 0.2) is 59.8 Å². The van der Waals surface area contributed by atoms with Gasteiger partial charge in [-0.2, -0.15) is 0 Å². The van der Waals surface area contributed by atoms with E-state index in [2.05, 4.69) is 10.2 Å². The van der Waals surface area contributed by atoms with Crippen LogP contribution in [0.2, 0.25) is 0 Å². The quantitative estimate of drug-likeness (QED) is 0.707. The topological polar surface area (TPSA) is 85.1 Å². The normalized spacial score (nSPS) is 10.6. The van der Waals surface area contributed by atoms with Crippen LogP contribution in [0.5, 0.6) is 0 Å². The molecule has 0 unspecified atom stereocenters. The minimum atomic E-state index is -1.04. The molecule has 8 heteroatoms. The number of thioether (sulfide) groups is 1. The number of rotatable bonds is 5. The Labute approximate surface area is 146 Å². The number of carbonyl (C=O) groups is 2. The number of carboxylic acid groups (broad SMARTS) is 1. The van der Waals surface area contributed by atoms with Gasteiger partial charge in [0.15, 0.2) is 11.0 Å². The Morgan fingerprint density at radius 1 is 1.08 bits per heavy atom. The average molecular weight is 357 g/mol. The summed E-state index contributed by atoms with van der Waals surface area (Å²) in [5.74, 6) is -2.06. The Morgan fingerprint density at radius 3 is 2.52 bits per heavy atom. The maximum absolute atomic E-state index is 13.5. The lowest BCUT2D eigenvalue weighted by Crippen LogP contribution is -2.15. The van der Waals surface area contributed by atoms with Crippen molar-refractivity contribution in [1.82, 2.24) is 14.8 Å². The third kappa shape index (κ3) is 3.74. The molecule has 0 bridgehead atoms. The molecule has 2 aromatic carbocycles. The fourth-order valence-electron chi connectivity index (χ4n) is 2.20. The lowest BCUT2D eigenvalue weighted by atomic mass is 10.2. The first-order valence-corrected chi connectivity index (χ1v) is 8.20. The summed E-state index contributed by atoms with van der Waals surface area (Å²) in [5.41, 5.74) is 0.760. The zero-order chi connectivity index (χ0) is 17.8. The van der Waals surface area contributed by atoms with Gasteiger partial charge >= 0.3 is 5.97 Å². The minimum Gasteiger partial charge on any atom is -0.481 e. The lowest BCUT2D eigenvalue weighted by molar-refractivity contribution is -0.133. The van der Waals surface area contributed by atoms with E-state index in [9.17, 15) is 14.0 Å². The monoisotopic (exact) mass is 357 g/mol. The second-order valence-corrected chi connectivity index (χ2v) is 5.95. The van der Waals surface area contributed by atoms with Gasteiger partial charge in [0.1, 0.15) is 5.82 Å². The van der Waals surface area contributed by atoms with Crippen molar-refractivity contribution in [3.05, 3.63) is 66.0 Å². The first-order valence-electron chi connectivity index (χ1n) is 7.22. The standard InChI is InChI=1S/C17H12FN3O3S/c18-13-8-4-7-12(9-13)15-19-20-17(25-10-14(22)23)21(15)16(24)11-5-2-1-3-6-11/h1-9H,10H2,(H,22,23). The van der Waals surface area contributed by atoms with E-state index < -0.39 is 17.7 Å². The summed E-state index contributed by atoms with van der Waals surface area (Å²) in [6, 6.07) is 14.1. The summed E-state index contributed by atoms with van der Waals surface area (Å²) in [4.78, 5) is 23.7. The average Bonchev–Trinajstić information content (AvgIpc) is 3.04. The maximum Gasteiger partial charge on any atom is 0.313 e. The van der Waals surface area contributed by atoms with E-state index in [1.807, 2.05) is 0 Å². The van der Waals surface area contributed by atoms with Gasteiger partial charge in [0.05, 0.1) is 5.75 Å². The predicted molar refractivity (Wildman–Crippen MR) is 89.9 cm³/mol. The molecular weight excluding hydrogens is 345 g/mol. The summed E-state index contributed by atoms with van der Waals surface area (Å²) in [6.45, 7) is 0. The number of nitrogens with zero attached hydrogens (tertiary/aromatic N) is 3. The molecule has 3 aromatic rings. The molecular formula is C17H12FN3O3S. The summed E-state index contributed by atoms with van der Waals surface area (Å²) in [5, 5.41) is 16.9. The number of hydrogen-bond acceptors (Lipinski definition) is 5. The van der Waals surface area contributed by atoms with Gasteiger partial charge in [-0.05, 0) is 24.3 Å². The van der Waals surface area contributed by atoms with Crippen LogP contribution >= 0.6 is 11.8 Å². The molecule has 1 heterocycles. The molecule has 0 saturated heterocycles. The van der Waals surface area contributed by atoms with Crippen LogP contribution in [0.4, 0.5) is 4.39 Å². The molecule has 0 radical (unpaired) electrons. The molecule has 0 spiro atoms. The van der Waals surface area contributed by atoms with Crippen molar-refractivity contribution in [2.45, 2.75) is 5.16 Å². The van der Waals surface area contributed by atoms with E-state index >= 15 is 0 Å². The SMILES string of the molecule is O=C(O)CSc1nnc(-c2cccc(F)c2)n1C(=O)c1ccccc1. The minimum absolute atomic E-state index is 0.135. The van der Waals surface area contributed by atoms with Crippen LogP contribution in [0.1, 0.15) is 10.4 Å². The van der Waals surface area contributed by atoms with E-state index in [4.69, 9.17) is 5.11 Å². The van der Waals surface area contributed by atoms with Gasteiger partial charge in [-0.25, -0.2) is 8.96 Å². The molecule has 0 aliphatic heterocycles. The van der Waals surface area contributed by atoms with Crippen molar-refractivity contribution in [2.75, 3.05) is 5.75 Å². The van der Waals surface area contributed by atoms with Crippen LogP contribution in [0, 0.1) is 5.82 Å². The van der Waals surface area contributed by atoms with Gasteiger partial charge in [-0.15, -0.1) is 10.2 Å². The summed E-state index contributed by atoms with van der Waals surface area (Å²) < 4.78 is 14.8. The molecule has 0 aliphatic carbocycles. The number of hydrogen-bond donors (Lipinski definition) is 1. The number of aliphatic carboxylic acids is 1. The Bertz CT molecular complexity index is 928. The highest BCUT2D eigenvalue weighted by atomic mass is 32.2. The first kappa shape index (κ1) is 16.8. The summed E-state index contributed by atoms with van der Waals surface area (Å²) >= 11 is 0.873. The summed E-state index contributed by atoms with van der Waals surface area (Å²) in [7, 11) is 0. The molecule has 6 nitrogen and oxygen atoms in total. The molecule has 0 saturated carbocycles. The number of benzene rings is 2. The van der Waals surface area contributed by atoms with Crippen molar-refractivity contribution >= 4 is 23.6 Å². The fraction of sp³-hybridized carbons (Fsp3) is 0.0588. The Kier molecular flexibility index (Phi) is 4.90. The van der Waals surface area contributed by atoms with Gasteiger partial charge in [-0.3, -0.25) is 9.59 Å². The molecule has 126 valence electrons. The Balaban J connectivity index is 2.10. The predicted octanol–water partition coefficient (Wildman–Crippen LogP) is 2.95. The van der Waals surface area contributed by atoms with Crippen molar-refractivity contribution in [2.24, 2.45) is 0 Å². The third-order valence-corrected chi connectivity index (χ3v) is 4.18. The van der Waals surface area contributed by atoms with Crippen molar-refractivity contribution in [3.8, 4) is 11.4 Å². The molecule has 0 atom stereocenters. The summed E-state index contributed by atoms with van der Waals surface area (Å²) in [6.07, 6.45) is 0. The van der Waals surface area contributed by atoms with Gasteiger partial charge < -0.3 is 5.11 Å². The highest BCUT2D eigenvalue weighted by molar-refractivity contribution is 7.99. The van der Waals surface area contributed by atoms with Crippen LogP contribution in [-0.2, 0) is 4.79 Å². The number of aromatic nitrogens is 3. The van der Waals surface area contributed by atoms with Crippen LogP contribution < -0.4 is 0 Å². The van der Waals surface area contributed by atoms with E-state index in [-0.39, 0.29) is 16.7 Å². The van der Waals surface area contributed by atoms with Crippen LogP contribution in [0.3, 0.4) is 0 Å². The largest absolute Gasteiger partial charge is 0.481 e. The van der Waals surface area contributed by atoms with Crippen molar-refractivity contribution in [1.29, 1.82) is 0 Å². The maximum atomic E-state index is 13.5. The van der Waals surface area contributed by atoms with Crippen LogP contribution in [0.25, 0.3) is 11.4 Å². The highest BCUT2D eigenvalue weighted by Crippen LogP contribution is 2.25. The number of carboxylic acids is 1. The molecule has 25 heavy (non-hydrogen) atoms. The zero-order valence-electron chi connectivity index (χ0n) is 12.8. The van der Waals surface area contributed by atoms with Gasteiger partial charge in [-0.1, -0.05) is 42.1 Å². The Hall–Kier alpha value is -3.00. The van der Waals surface area contributed by atoms with Gasteiger partial charge in [0, 0.05) is 11.1 Å².